The largest absolute Gasteiger partial charge is 0.352 e. The van der Waals surface area contributed by atoms with Crippen molar-refractivity contribution in [2.45, 2.75) is 26.4 Å². The van der Waals surface area contributed by atoms with E-state index in [0.29, 0.717) is 11.6 Å². The molecule has 0 radical (unpaired) electrons. The Morgan fingerprint density at radius 2 is 1.94 bits per heavy atom. The van der Waals surface area contributed by atoms with Gasteiger partial charge in [-0.15, -0.1) is 0 Å². The fraction of sp³-hybridized carbons (Fsp3) is 0.417. The molecular weight excluding hydrogens is 224 g/mol. The Morgan fingerprint density at radius 3 is 2.44 bits per heavy atom. The molecule has 0 saturated carbocycles. The van der Waals surface area contributed by atoms with E-state index in [-0.39, 0.29) is 17.9 Å². The molecule has 0 heterocycles. The summed E-state index contributed by atoms with van der Waals surface area (Å²) in [5.41, 5.74) is 6.67. The molecule has 0 saturated heterocycles. The fourth-order valence-electron chi connectivity index (χ4n) is 1.19. The highest BCUT2D eigenvalue weighted by atomic mass is 35.5. The molecular formula is C12H17ClN2O. The smallest absolute Gasteiger partial charge is 0.224 e. The van der Waals surface area contributed by atoms with E-state index < -0.39 is 0 Å². The fourth-order valence-corrected chi connectivity index (χ4v) is 1.32. The Labute approximate surface area is 101 Å². The van der Waals surface area contributed by atoms with Gasteiger partial charge in [-0.1, -0.05) is 30.7 Å². The second-order valence-electron chi connectivity index (χ2n) is 3.99. The lowest BCUT2D eigenvalue weighted by molar-refractivity contribution is -0.125. The maximum atomic E-state index is 11.6. The van der Waals surface area contributed by atoms with Crippen molar-refractivity contribution in [1.82, 2.24) is 5.32 Å². The summed E-state index contributed by atoms with van der Waals surface area (Å²) in [6, 6.07) is 7.25. The molecule has 3 N–H and O–H groups in total. The first kappa shape index (κ1) is 13.0. The number of carbonyl (C=O) groups is 1. The van der Waals surface area contributed by atoms with Gasteiger partial charge in [0.1, 0.15) is 0 Å². The van der Waals surface area contributed by atoms with Gasteiger partial charge >= 0.3 is 0 Å². The van der Waals surface area contributed by atoms with Crippen LogP contribution in [-0.2, 0) is 11.3 Å². The molecule has 0 aliphatic heterocycles. The van der Waals surface area contributed by atoms with E-state index in [9.17, 15) is 4.79 Å². The molecule has 0 aromatic heterocycles. The van der Waals surface area contributed by atoms with Crippen LogP contribution in [-0.4, -0.2) is 11.9 Å². The van der Waals surface area contributed by atoms with Crippen LogP contribution in [0.15, 0.2) is 24.3 Å². The first-order valence-electron chi connectivity index (χ1n) is 5.28. The first-order valence-corrected chi connectivity index (χ1v) is 5.66. The third-order valence-electron chi connectivity index (χ3n) is 2.58. The summed E-state index contributed by atoms with van der Waals surface area (Å²) >= 11 is 5.76. The molecule has 0 bridgehead atoms. The number of benzene rings is 1. The molecule has 2 atom stereocenters. The van der Waals surface area contributed by atoms with Gasteiger partial charge in [-0.2, -0.15) is 0 Å². The molecule has 1 aromatic carbocycles. The summed E-state index contributed by atoms with van der Waals surface area (Å²) < 4.78 is 0. The predicted molar refractivity (Wildman–Crippen MR) is 66.1 cm³/mol. The van der Waals surface area contributed by atoms with Gasteiger partial charge in [0.2, 0.25) is 5.91 Å². The summed E-state index contributed by atoms with van der Waals surface area (Å²) in [6.07, 6.45) is 0. The van der Waals surface area contributed by atoms with Crippen LogP contribution in [0.4, 0.5) is 0 Å². The Balaban J connectivity index is 2.46. The van der Waals surface area contributed by atoms with Gasteiger partial charge in [0, 0.05) is 23.5 Å². The Hall–Kier alpha value is -1.06. The van der Waals surface area contributed by atoms with Gasteiger partial charge in [0.15, 0.2) is 0 Å². The maximum Gasteiger partial charge on any atom is 0.224 e. The first-order chi connectivity index (χ1) is 7.50. The lowest BCUT2D eigenvalue weighted by atomic mass is 10.0. The standard InChI is InChI=1S/C12H17ClN2O/c1-8(9(2)14)12(16)15-7-10-3-5-11(13)6-4-10/h3-6,8-9H,7,14H2,1-2H3,(H,15,16). The maximum absolute atomic E-state index is 11.6. The van der Waals surface area contributed by atoms with Crippen molar-refractivity contribution in [2.24, 2.45) is 11.7 Å². The predicted octanol–water partition coefficient (Wildman–Crippen LogP) is 1.94. The molecule has 3 nitrogen and oxygen atoms in total. The van der Waals surface area contributed by atoms with Crippen molar-refractivity contribution >= 4 is 17.5 Å². The zero-order chi connectivity index (χ0) is 12.1. The molecule has 0 fully saturated rings. The number of hydrogen-bond donors (Lipinski definition) is 2. The Morgan fingerprint density at radius 1 is 1.38 bits per heavy atom. The summed E-state index contributed by atoms with van der Waals surface area (Å²) in [7, 11) is 0. The van der Waals surface area contributed by atoms with E-state index in [4.69, 9.17) is 17.3 Å². The average molecular weight is 241 g/mol. The Bertz CT molecular complexity index is 349. The van der Waals surface area contributed by atoms with E-state index in [2.05, 4.69) is 5.32 Å². The van der Waals surface area contributed by atoms with Crippen LogP contribution in [0.3, 0.4) is 0 Å². The molecule has 1 aromatic rings. The summed E-state index contributed by atoms with van der Waals surface area (Å²) in [5, 5.41) is 3.53. The molecule has 0 aliphatic carbocycles. The zero-order valence-electron chi connectivity index (χ0n) is 9.53. The topological polar surface area (TPSA) is 55.1 Å². The lowest BCUT2D eigenvalue weighted by Crippen LogP contribution is -2.38. The summed E-state index contributed by atoms with van der Waals surface area (Å²) in [6.45, 7) is 4.15. The SMILES string of the molecule is CC(N)C(C)C(=O)NCc1ccc(Cl)cc1. The minimum absolute atomic E-state index is 0.0232. The lowest BCUT2D eigenvalue weighted by Gasteiger charge is -2.15. The molecule has 4 heteroatoms. The summed E-state index contributed by atoms with van der Waals surface area (Å²) in [4.78, 5) is 11.6. The van der Waals surface area contributed by atoms with Crippen molar-refractivity contribution in [2.75, 3.05) is 0 Å². The number of carbonyl (C=O) groups excluding carboxylic acids is 1. The molecule has 1 rings (SSSR count). The van der Waals surface area contributed by atoms with Crippen molar-refractivity contribution in [3.05, 3.63) is 34.9 Å². The van der Waals surface area contributed by atoms with E-state index in [1.165, 1.54) is 0 Å². The van der Waals surface area contributed by atoms with Crippen LogP contribution < -0.4 is 11.1 Å². The quantitative estimate of drug-likeness (QED) is 0.845. The van der Waals surface area contributed by atoms with Crippen molar-refractivity contribution < 1.29 is 4.79 Å². The monoisotopic (exact) mass is 240 g/mol. The highest BCUT2D eigenvalue weighted by Gasteiger charge is 2.16. The van der Waals surface area contributed by atoms with Gasteiger partial charge in [-0.3, -0.25) is 4.79 Å². The number of nitrogens with one attached hydrogen (secondary N) is 1. The second-order valence-corrected chi connectivity index (χ2v) is 4.43. The summed E-state index contributed by atoms with van der Waals surface area (Å²) in [5.74, 6) is -0.197. The van der Waals surface area contributed by atoms with Crippen LogP contribution in [0.2, 0.25) is 5.02 Å². The average Bonchev–Trinajstić information content (AvgIpc) is 2.26. The zero-order valence-corrected chi connectivity index (χ0v) is 10.3. The van der Waals surface area contributed by atoms with E-state index in [1.807, 2.05) is 26.0 Å². The van der Waals surface area contributed by atoms with Crippen molar-refractivity contribution in [3.8, 4) is 0 Å². The normalized spacial score (nSPS) is 14.2. The van der Waals surface area contributed by atoms with Gasteiger partial charge in [0.25, 0.3) is 0 Å². The molecule has 16 heavy (non-hydrogen) atoms. The molecule has 0 aliphatic rings. The van der Waals surface area contributed by atoms with Gasteiger partial charge in [0.05, 0.1) is 0 Å². The van der Waals surface area contributed by atoms with Crippen LogP contribution in [0.5, 0.6) is 0 Å². The van der Waals surface area contributed by atoms with Crippen LogP contribution in [0.1, 0.15) is 19.4 Å². The minimum Gasteiger partial charge on any atom is -0.352 e. The van der Waals surface area contributed by atoms with Crippen molar-refractivity contribution in [1.29, 1.82) is 0 Å². The molecule has 0 spiro atoms. The van der Waals surface area contributed by atoms with E-state index >= 15 is 0 Å². The molecule has 88 valence electrons. The second kappa shape index (κ2) is 5.87. The highest BCUT2D eigenvalue weighted by Crippen LogP contribution is 2.09. The van der Waals surface area contributed by atoms with Gasteiger partial charge in [-0.25, -0.2) is 0 Å². The molecule has 2 unspecified atom stereocenters. The molecule has 1 amide bonds. The number of hydrogen-bond acceptors (Lipinski definition) is 2. The van der Waals surface area contributed by atoms with Crippen LogP contribution in [0.25, 0.3) is 0 Å². The number of rotatable bonds is 4. The third kappa shape index (κ3) is 3.83. The minimum atomic E-state index is -0.174. The number of halogens is 1. The van der Waals surface area contributed by atoms with E-state index in [0.717, 1.165) is 5.56 Å². The van der Waals surface area contributed by atoms with Gasteiger partial charge in [-0.05, 0) is 24.6 Å². The van der Waals surface area contributed by atoms with Crippen molar-refractivity contribution in [3.63, 3.8) is 0 Å². The number of amides is 1. The van der Waals surface area contributed by atoms with E-state index in [1.54, 1.807) is 12.1 Å². The Kier molecular flexibility index (Phi) is 4.77. The van der Waals surface area contributed by atoms with Gasteiger partial charge < -0.3 is 11.1 Å². The van der Waals surface area contributed by atoms with Crippen LogP contribution in [0, 0.1) is 5.92 Å². The highest BCUT2D eigenvalue weighted by molar-refractivity contribution is 6.30. The number of nitrogens with two attached hydrogens (primary N) is 1. The third-order valence-corrected chi connectivity index (χ3v) is 2.83. The van der Waals surface area contributed by atoms with Crippen LogP contribution >= 0.6 is 11.6 Å².